The first kappa shape index (κ1) is 18.3. The minimum Gasteiger partial charge on any atom is -0.495 e. The van der Waals surface area contributed by atoms with Gasteiger partial charge in [0, 0.05) is 12.7 Å². The van der Waals surface area contributed by atoms with Crippen LogP contribution in [0.5, 0.6) is 5.75 Å². The fourth-order valence-electron chi connectivity index (χ4n) is 2.17. The minimum absolute atomic E-state index is 0.0186. The smallest absolute Gasteiger partial charge is 0.318 e. The zero-order chi connectivity index (χ0) is 18.6. The molecule has 0 aromatic heterocycles. The molecular weight excluding hydrogens is 346 g/mol. The van der Waals surface area contributed by atoms with Crippen molar-refractivity contribution in [1.82, 2.24) is 5.32 Å². The highest BCUT2D eigenvalue weighted by molar-refractivity contribution is 7.91. The van der Waals surface area contributed by atoms with Crippen LogP contribution in [0.2, 0.25) is 0 Å². The maximum atomic E-state index is 12.8. The molecule has 3 amide bonds. The van der Waals surface area contributed by atoms with Gasteiger partial charge in [0.25, 0.3) is 5.91 Å². The van der Waals surface area contributed by atoms with Gasteiger partial charge in [-0.05, 0) is 36.4 Å². The predicted octanol–water partition coefficient (Wildman–Crippen LogP) is 1.38. The summed E-state index contributed by atoms with van der Waals surface area (Å²) >= 11 is 0. The number of hydrogen-bond donors (Lipinski definition) is 3. The first-order valence-corrected chi connectivity index (χ1v) is 8.60. The number of carbonyl (C=O) groups is 2. The summed E-state index contributed by atoms with van der Waals surface area (Å²) in [6.07, 6.45) is 0. The number of para-hydroxylation sites is 1. The van der Waals surface area contributed by atoms with Crippen molar-refractivity contribution in [1.29, 1.82) is 0 Å². The van der Waals surface area contributed by atoms with Gasteiger partial charge in [0.1, 0.15) is 4.90 Å². The molecule has 0 aliphatic heterocycles. The Morgan fingerprint density at radius 3 is 2.24 bits per heavy atom. The highest BCUT2D eigenvalue weighted by Gasteiger charge is 2.25. The maximum absolute atomic E-state index is 12.8. The molecule has 25 heavy (non-hydrogen) atoms. The van der Waals surface area contributed by atoms with Gasteiger partial charge >= 0.3 is 6.03 Å². The molecular formula is C16H17N3O5S. The van der Waals surface area contributed by atoms with Crippen molar-refractivity contribution in [2.45, 2.75) is 9.79 Å². The van der Waals surface area contributed by atoms with E-state index in [2.05, 4.69) is 10.6 Å². The van der Waals surface area contributed by atoms with Crippen molar-refractivity contribution in [3.63, 3.8) is 0 Å². The first-order chi connectivity index (χ1) is 11.8. The maximum Gasteiger partial charge on any atom is 0.318 e. The number of nitrogens with two attached hydrogens (primary N) is 1. The van der Waals surface area contributed by atoms with Crippen LogP contribution in [0.1, 0.15) is 10.4 Å². The van der Waals surface area contributed by atoms with Gasteiger partial charge in [0.15, 0.2) is 5.75 Å². The third kappa shape index (κ3) is 3.72. The van der Waals surface area contributed by atoms with Crippen LogP contribution in [0, 0.1) is 0 Å². The van der Waals surface area contributed by atoms with Crippen LogP contribution >= 0.6 is 0 Å². The first-order valence-electron chi connectivity index (χ1n) is 7.12. The number of methoxy groups -OCH3 is 1. The van der Waals surface area contributed by atoms with E-state index in [0.29, 0.717) is 5.69 Å². The van der Waals surface area contributed by atoms with Crippen molar-refractivity contribution in [2.24, 2.45) is 5.73 Å². The summed E-state index contributed by atoms with van der Waals surface area (Å²) in [6.45, 7) is 0. The summed E-state index contributed by atoms with van der Waals surface area (Å²) in [5.74, 6) is -0.901. The summed E-state index contributed by atoms with van der Waals surface area (Å²) in [4.78, 5) is 22.6. The molecule has 0 saturated heterocycles. The summed E-state index contributed by atoms with van der Waals surface area (Å²) in [6, 6.07) is 9.30. The fraction of sp³-hybridized carbons (Fsp3) is 0.125. The third-order valence-electron chi connectivity index (χ3n) is 3.39. The number of primary amides is 1. The van der Waals surface area contributed by atoms with Gasteiger partial charge in [-0.25, -0.2) is 13.2 Å². The molecule has 0 aliphatic rings. The molecule has 0 aliphatic carbocycles. The molecule has 8 nitrogen and oxygen atoms in total. The van der Waals surface area contributed by atoms with Crippen LogP contribution in [-0.2, 0) is 9.84 Å². The largest absolute Gasteiger partial charge is 0.495 e. The standard InChI is InChI=1S/C16H17N3O5S/c1-18-16(21)19-10-6-8-11(9-7-10)25(22,23)13-5-3-4-12(15(17)20)14(13)24-2/h3-9H,1-2H3,(H2,17,20)(H2,18,19,21). The van der Waals surface area contributed by atoms with E-state index in [1.165, 1.54) is 56.6 Å². The summed E-state index contributed by atoms with van der Waals surface area (Å²) in [7, 11) is -1.22. The predicted molar refractivity (Wildman–Crippen MR) is 91.5 cm³/mol. The van der Waals surface area contributed by atoms with E-state index >= 15 is 0 Å². The second-order valence-corrected chi connectivity index (χ2v) is 6.85. The topological polar surface area (TPSA) is 128 Å². The Bertz CT molecular complexity index is 908. The molecule has 9 heteroatoms. The summed E-state index contributed by atoms with van der Waals surface area (Å²) < 4.78 is 30.8. The number of rotatable bonds is 5. The van der Waals surface area contributed by atoms with Crippen LogP contribution in [0.15, 0.2) is 52.3 Å². The van der Waals surface area contributed by atoms with E-state index in [9.17, 15) is 18.0 Å². The van der Waals surface area contributed by atoms with E-state index in [1.54, 1.807) is 0 Å². The average Bonchev–Trinajstić information content (AvgIpc) is 2.61. The molecule has 132 valence electrons. The number of sulfone groups is 1. The number of benzene rings is 2. The lowest BCUT2D eigenvalue weighted by Crippen LogP contribution is -2.24. The lowest BCUT2D eigenvalue weighted by molar-refractivity contribution is 0.0997. The number of hydrogen-bond acceptors (Lipinski definition) is 5. The molecule has 0 bridgehead atoms. The van der Waals surface area contributed by atoms with Gasteiger partial charge in [-0.15, -0.1) is 0 Å². The highest BCUT2D eigenvalue weighted by atomic mass is 32.2. The Morgan fingerprint density at radius 2 is 1.72 bits per heavy atom. The van der Waals surface area contributed by atoms with Crippen LogP contribution in [-0.4, -0.2) is 34.5 Å². The molecule has 2 aromatic rings. The van der Waals surface area contributed by atoms with Crippen molar-refractivity contribution >= 4 is 27.5 Å². The second-order valence-electron chi connectivity index (χ2n) is 4.93. The Morgan fingerprint density at radius 1 is 1.08 bits per heavy atom. The van der Waals surface area contributed by atoms with E-state index in [4.69, 9.17) is 10.5 Å². The Labute approximate surface area is 144 Å². The van der Waals surface area contributed by atoms with Gasteiger partial charge in [-0.1, -0.05) is 6.07 Å². The lowest BCUT2D eigenvalue weighted by atomic mass is 10.2. The van der Waals surface area contributed by atoms with Crippen molar-refractivity contribution in [2.75, 3.05) is 19.5 Å². The zero-order valence-electron chi connectivity index (χ0n) is 13.6. The Hall–Kier alpha value is -3.07. The van der Waals surface area contributed by atoms with Crippen LogP contribution < -0.4 is 21.1 Å². The van der Waals surface area contributed by atoms with Gasteiger partial charge in [0.05, 0.1) is 17.6 Å². The molecule has 0 fully saturated rings. The Kier molecular flexibility index (Phi) is 5.28. The van der Waals surface area contributed by atoms with Crippen LogP contribution in [0.25, 0.3) is 0 Å². The van der Waals surface area contributed by atoms with Crippen molar-refractivity contribution < 1.29 is 22.7 Å². The van der Waals surface area contributed by atoms with E-state index < -0.39 is 21.8 Å². The fourth-order valence-corrected chi connectivity index (χ4v) is 3.61. The number of amides is 3. The molecule has 2 rings (SSSR count). The van der Waals surface area contributed by atoms with E-state index in [1.807, 2.05) is 0 Å². The van der Waals surface area contributed by atoms with Gasteiger partial charge in [-0.2, -0.15) is 0 Å². The molecule has 0 radical (unpaired) electrons. The van der Waals surface area contributed by atoms with E-state index in [-0.39, 0.29) is 21.1 Å². The van der Waals surface area contributed by atoms with Gasteiger partial charge < -0.3 is 21.1 Å². The summed E-state index contributed by atoms with van der Waals surface area (Å²) in [5.41, 5.74) is 5.66. The van der Waals surface area contributed by atoms with Crippen molar-refractivity contribution in [3.8, 4) is 5.75 Å². The molecule has 0 spiro atoms. The number of urea groups is 1. The number of nitrogens with one attached hydrogen (secondary N) is 2. The highest BCUT2D eigenvalue weighted by Crippen LogP contribution is 2.32. The van der Waals surface area contributed by atoms with Crippen LogP contribution in [0.3, 0.4) is 0 Å². The normalized spacial score (nSPS) is 10.8. The molecule has 0 heterocycles. The SMILES string of the molecule is CNC(=O)Nc1ccc(S(=O)(=O)c2cccc(C(N)=O)c2OC)cc1. The number of anilines is 1. The molecule has 0 saturated carbocycles. The van der Waals surface area contributed by atoms with Gasteiger partial charge in [-0.3, -0.25) is 4.79 Å². The molecule has 0 unspecified atom stereocenters. The van der Waals surface area contributed by atoms with Crippen molar-refractivity contribution in [3.05, 3.63) is 48.0 Å². The minimum atomic E-state index is -3.95. The Balaban J connectivity index is 2.47. The quantitative estimate of drug-likeness (QED) is 0.739. The molecule has 4 N–H and O–H groups in total. The molecule has 2 aromatic carbocycles. The number of carbonyl (C=O) groups excluding carboxylic acids is 2. The second kappa shape index (κ2) is 7.22. The third-order valence-corrected chi connectivity index (χ3v) is 5.18. The summed E-state index contributed by atoms with van der Waals surface area (Å²) in [5, 5.41) is 4.91. The number of ether oxygens (including phenoxy) is 1. The van der Waals surface area contributed by atoms with Crippen LogP contribution in [0.4, 0.5) is 10.5 Å². The lowest BCUT2D eigenvalue weighted by Gasteiger charge is -2.13. The average molecular weight is 363 g/mol. The molecule has 0 atom stereocenters. The van der Waals surface area contributed by atoms with E-state index in [0.717, 1.165) is 0 Å². The van der Waals surface area contributed by atoms with Gasteiger partial charge in [0.2, 0.25) is 9.84 Å². The zero-order valence-corrected chi connectivity index (χ0v) is 14.4. The monoisotopic (exact) mass is 363 g/mol.